The molecule has 1 heterocycles. The summed E-state index contributed by atoms with van der Waals surface area (Å²) >= 11 is 5.94. The highest BCUT2D eigenvalue weighted by Crippen LogP contribution is 2.17. The normalized spacial score (nSPS) is 10.8. The van der Waals surface area contributed by atoms with Gasteiger partial charge in [-0.25, -0.2) is 4.79 Å². The van der Waals surface area contributed by atoms with Crippen LogP contribution in [0, 0.1) is 20.8 Å². The van der Waals surface area contributed by atoms with Crippen LogP contribution >= 0.6 is 11.6 Å². The lowest BCUT2D eigenvalue weighted by atomic mass is 10.1. The molecule has 34 heavy (non-hydrogen) atoms. The van der Waals surface area contributed by atoms with E-state index in [4.69, 9.17) is 16.3 Å². The number of hydrogen-bond acceptors (Lipinski definition) is 5. The highest BCUT2D eigenvalue weighted by Gasteiger charge is 2.13. The van der Waals surface area contributed by atoms with Gasteiger partial charge in [0.25, 0.3) is 11.8 Å². The van der Waals surface area contributed by atoms with Gasteiger partial charge in [-0.2, -0.15) is 5.10 Å². The Morgan fingerprint density at radius 2 is 1.74 bits per heavy atom. The van der Waals surface area contributed by atoms with Crippen molar-refractivity contribution in [1.82, 2.24) is 20.6 Å². The summed E-state index contributed by atoms with van der Waals surface area (Å²) < 4.78 is 6.81. The fourth-order valence-corrected chi connectivity index (χ4v) is 3.41. The monoisotopic (exact) mass is 480 g/mol. The molecule has 9 heteroatoms. The van der Waals surface area contributed by atoms with Crippen LogP contribution in [-0.2, 0) is 20.9 Å². The Hall–Kier alpha value is -3.91. The van der Waals surface area contributed by atoms with Crippen LogP contribution in [0.2, 0.25) is 5.02 Å². The predicted octanol–water partition coefficient (Wildman–Crippen LogP) is 3.53. The van der Waals surface area contributed by atoms with Crippen LogP contribution in [0.4, 0.5) is 0 Å². The molecular weight excluding hydrogens is 456 g/mol. The maximum atomic E-state index is 12.1. The highest BCUT2D eigenvalue weighted by molar-refractivity contribution is 6.33. The summed E-state index contributed by atoms with van der Waals surface area (Å²) in [5.41, 5.74) is 9.40. The van der Waals surface area contributed by atoms with E-state index in [0.717, 1.165) is 22.5 Å². The van der Waals surface area contributed by atoms with Crippen LogP contribution in [-0.4, -0.2) is 34.2 Å². The largest absolute Gasteiger partial charge is 0.452 e. The molecule has 2 amide bonds. The smallest absolute Gasteiger partial charge is 0.331 e. The first-order valence-electron chi connectivity index (χ1n) is 10.5. The zero-order valence-corrected chi connectivity index (χ0v) is 19.8. The number of ether oxygens (including phenoxy) is 1. The molecule has 0 aliphatic carbocycles. The molecule has 0 saturated heterocycles. The first-order valence-corrected chi connectivity index (χ1v) is 10.9. The Balaban J connectivity index is 1.50. The van der Waals surface area contributed by atoms with E-state index in [2.05, 4.69) is 40.2 Å². The Morgan fingerprint density at radius 3 is 2.44 bits per heavy atom. The quantitative estimate of drug-likeness (QED) is 0.306. The first kappa shape index (κ1) is 24.7. The SMILES string of the molecule is Cc1ccc(Cn2nc(C)c(/C=C/C(=O)OCC(=O)NNC(=O)c3ccccc3Cl)c2C)cc1. The second kappa shape index (κ2) is 11.3. The number of hydrazine groups is 1. The second-order valence-corrected chi connectivity index (χ2v) is 8.06. The van der Waals surface area contributed by atoms with E-state index in [1.807, 2.05) is 25.5 Å². The van der Waals surface area contributed by atoms with Crippen LogP contribution in [0.15, 0.2) is 54.6 Å². The number of esters is 1. The molecule has 0 saturated carbocycles. The molecule has 0 unspecified atom stereocenters. The average molecular weight is 481 g/mol. The van der Waals surface area contributed by atoms with Crippen molar-refractivity contribution in [3.63, 3.8) is 0 Å². The van der Waals surface area contributed by atoms with Crippen LogP contribution in [0.3, 0.4) is 0 Å². The van der Waals surface area contributed by atoms with Crippen molar-refractivity contribution in [2.24, 2.45) is 0 Å². The molecule has 8 nitrogen and oxygen atoms in total. The zero-order valence-electron chi connectivity index (χ0n) is 19.1. The van der Waals surface area contributed by atoms with E-state index in [-0.39, 0.29) is 10.6 Å². The van der Waals surface area contributed by atoms with Crippen molar-refractivity contribution in [3.8, 4) is 0 Å². The number of aryl methyl sites for hydroxylation is 2. The average Bonchev–Trinajstić information content (AvgIpc) is 3.08. The predicted molar refractivity (Wildman–Crippen MR) is 129 cm³/mol. The molecule has 176 valence electrons. The van der Waals surface area contributed by atoms with Gasteiger partial charge in [0.05, 0.1) is 22.8 Å². The number of rotatable bonds is 7. The number of carbonyl (C=O) groups excluding carboxylic acids is 3. The van der Waals surface area contributed by atoms with Crippen molar-refractivity contribution in [2.75, 3.05) is 6.61 Å². The summed E-state index contributed by atoms with van der Waals surface area (Å²) in [6, 6.07) is 14.6. The minimum atomic E-state index is -0.697. The number of nitrogens with zero attached hydrogens (tertiary/aromatic N) is 2. The van der Waals surface area contributed by atoms with E-state index < -0.39 is 24.4 Å². The Bertz CT molecular complexity index is 1230. The van der Waals surface area contributed by atoms with E-state index in [1.165, 1.54) is 17.7 Å². The number of hydrogen-bond donors (Lipinski definition) is 2. The molecule has 0 spiro atoms. The Labute approximate surface area is 202 Å². The van der Waals surface area contributed by atoms with Crippen molar-refractivity contribution >= 4 is 35.5 Å². The van der Waals surface area contributed by atoms with Gasteiger partial charge in [0.2, 0.25) is 0 Å². The molecule has 3 rings (SSSR count). The second-order valence-electron chi connectivity index (χ2n) is 7.65. The van der Waals surface area contributed by atoms with Gasteiger partial charge in [0.1, 0.15) is 0 Å². The van der Waals surface area contributed by atoms with Gasteiger partial charge >= 0.3 is 5.97 Å². The molecule has 3 aromatic rings. The number of halogens is 1. The van der Waals surface area contributed by atoms with Gasteiger partial charge in [-0.3, -0.25) is 25.1 Å². The van der Waals surface area contributed by atoms with E-state index in [9.17, 15) is 14.4 Å². The number of nitrogens with one attached hydrogen (secondary N) is 2. The number of carbonyl (C=O) groups is 3. The van der Waals surface area contributed by atoms with Crippen LogP contribution in [0.25, 0.3) is 6.08 Å². The van der Waals surface area contributed by atoms with Crippen molar-refractivity contribution in [3.05, 3.63) is 93.3 Å². The van der Waals surface area contributed by atoms with Gasteiger partial charge < -0.3 is 4.74 Å². The summed E-state index contributed by atoms with van der Waals surface area (Å²) in [6.07, 6.45) is 2.85. The van der Waals surface area contributed by atoms with Gasteiger partial charge in [0, 0.05) is 17.3 Å². The van der Waals surface area contributed by atoms with Gasteiger partial charge in [-0.15, -0.1) is 0 Å². The van der Waals surface area contributed by atoms with E-state index >= 15 is 0 Å². The van der Waals surface area contributed by atoms with Crippen LogP contribution in [0.5, 0.6) is 0 Å². The van der Waals surface area contributed by atoms with Gasteiger partial charge in [-0.05, 0) is 44.5 Å². The zero-order chi connectivity index (χ0) is 24.7. The lowest BCUT2D eigenvalue weighted by Crippen LogP contribution is -2.43. The maximum absolute atomic E-state index is 12.1. The third-order valence-electron chi connectivity index (χ3n) is 5.06. The standard InChI is InChI=1S/C25H25ClN4O4/c1-16-8-10-19(11-9-16)14-30-18(3)20(17(2)29-30)12-13-24(32)34-15-23(31)27-28-25(33)21-6-4-5-7-22(21)26/h4-13H,14-15H2,1-3H3,(H,27,31)(H,28,33)/b13-12+. The third-order valence-corrected chi connectivity index (χ3v) is 5.39. The molecule has 0 aliphatic heterocycles. The molecule has 0 atom stereocenters. The van der Waals surface area contributed by atoms with Crippen molar-refractivity contribution in [1.29, 1.82) is 0 Å². The molecule has 2 N–H and O–H groups in total. The molecule has 0 aliphatic rings. The molecule has 0 fully saturated rings. The minimum Gasteiger partial charge on any atom is -0.452 e. The lowest BCUT2D eigenvalue weighted by molar-refractivity contribution is -0.144. The molecule has 0 bridgehead atoms. The third kappa shape index (κ3) is 6.55. The molecule has 0 radical (unpaired) electrons. The molecular formula is C25H25ClN4O4. The summed E-state index contributed by atoms with van der Waals surface area (Å²) in [6.45, 7) is 5.88. The number of aromatic nitrogens is 2. The molecule has 1 aromatic heterocycles. The van der Waals surface area contributed by atoms with E-state index in [0.29, 0.717) is 6.54 Å². The van der Waals surface area contributed by atoms with Crippen LogP contribution < -0.4 is 10.9 Å². The first-order chi connectivity index (χ1) is 16.2. The van der Waals surface area contributed by atoms with Gasteiger partial charge in [0.15, 0.2) is 6.61 Å². The maximum Gasteiger partial charge on any atom is 0.331 e. The number of benzene rings is 2. The summed E-state index contributed by atoms with van der Waals surface area (Å²) in [5.74, 6) is -1.98. The fraction of sp³-hybridized carbons (Fsp3) is 0.200. The summed E-state index contributed by atoms with van der Waals surface area (Å²) in [4.78, 5) is 36.0. The summed E-state index contributed by atoms with van der Waals surface area (Å²) in [7, 11) is 0. The van der Waals surface area contributed by atoms with Crippen LogP contribution in [0.1, 0.15) is 38.4 Å². The lowest BCUT2D eigenvalue weighted by Gasteiger charge is -2.08. The van der Waals surface area contributed by atoms with Crippen molar-refractivity contribution < 1.29 is 19.1 Å². The minimum absolute atomic E-state index is 0.207. The Kier molecular flexibility index (Phi) is 8.21. The number of amides is 2. The van der Waals surface area contributed by atoms with E-state index in [1.54, 1.807) is 24.3 Å². The topological polar surface area (TPSA) is 102 Å². The fourth-order valence-electron chi connectivity index (χ4n) is 3.18. The Morgan fingerprint density at radius 1 is 1.03 bits per heavy atom. The molecule has 2 aromatic carbocycles. The highest BCUT2D eigenvalue weighted by atomic mass is 35.5. The van der Waals surface area contributed by atoms with Crippen molar-refractivity contribution in [2.45, 2.75) is 27.3 Å². The van der Waals surface area contributed by atoms with Gasteiger partial charge in [-0.1, -0.05) is 53.6 Å². The summed E-state index contributed by atoms with van der Waals surface area (Å²) in [5, 5.41) is 4.80.